The first-order valence-electron chi connectivity index (χ1n) is 6.08. The predicted octanol–water partition coefficient (Wildman–Crippen LogP) is 1.93. The highest BCUT2D eigenvalue weighted by Crippen LogP contribution is 2.28. The molecule has 1 saturated carbocycles. The first kappa shape index (κ1) is 16.9. The van der Waals surface area contributed by atoms with Gasteiger partial charge in [0.2, 0.25) is 0 Å². The van der Waals surface area contributed by atoms with Crippen LogP contribution in [-0.4, -0.2) is 58.8 Å². The van der Waals surface area contributed by atoms with Crippen molar-refractivity contribution in [2.45, 2.75) is 36.7 Å². The maximum atomic E-state index is 12.3. The van der Waals surface area contributed by atoms with Crippen LogP contribution in [0.4, 0.5) is 18.0 Å². The van der Waals surface area contributed by atoms with Crippen molar-refractivity contribution >= 4 is 23.8 Å². The molecule has 116 valence electrons. The van der Waals surface area contributed by atoms with Gasteiger partial charge in [-0.25, -0.2) is 4.79 Å². The number of hydrogen-bond donors (Lipinski definition) is 2. The van der Waals surface area contributed by atoms with Crippen molar-refractivity contribution in [2.75, 3.05) is 19.3 Å². The monoisotopic (exact) mass is 314 g/mol. The third-order valence-corrected chi connectivity index (χ3v) is 4.12. The molecule has 0 spiro atoms. The van der Waals surface area contributed by atoms with E-state index in [1.165, 1.54) is 0 Å². The summed E-state index contributed by atoms with van der Waals surface area (Å²) in [5.74, 6) is -1.47. The number of amides is 2. The Hall–Kier alpha value is -1.12. The molecule has 0 aromatic rings. The maximum absolute atomic E-state index is 12.3. The summed E-state index contributed by atoms with van der Waals surface area (Å²) in [6.45, 7) is -2.53. The van der Waals surface area contributed by atoms with Gasteiger partial charge < -0.3 is 15.3 Å². The average Bonchev–Trinajstić information content (AvgIpc) is 2.73. The van der Waals surface area contributed by atoms with Crippen LogP contribution >= 0.6 is 11.8 Å². The molecule has 0 aromatic heterocycles. The second kappa shape index (κ2) is 7.05. The van der Waals surface area contributed by atoms with Crippen LogP contribution in [0.25, 0.3) is 0 Å². The zero-order valence-electron chi connectivity index (χ0n) is 10.9. The van der Waals surface area contributed by atoms with Crippen molar-refractivity contribution in [3.05, 3.63) is 0 Å². The lowest BCUT2D eigenvalue weighted by atomic mass is 10.2. The average molecular weight is 314 g/mol. The molecule has 1 aliphatic rings. The number of hydrogen-bond acceptors (Lipinski definition) is 3. The minimum atomic E-state index is -4.62. The molecule has 0 heterocycles. The van der Waals surface area contributed by atoms with Gasteiger partial charge in [0.1, 0.15) is 13.1 Å². The number of rotatable bonds is 5. The number of carbonyl (C=O) groups excluding carboxylic acids is 1. The van der Waals surface area contributed by atoms with Crippen LogP contribution in [0.15, 0.2) is 0 Å². The fourth-order valence-electron chi connectivity index (χ4n) is 2.13. The molecule has 2 unspecified atom stereocenters. The minimum absolute atomic E-state index is 0.190. The van der Waals surface area contributed by atoms with E-state index in [4.69, 9.17) is 5.11 Å². The van der Waals surface area contributed by atoms with Crippen LogP contribution in [0.2, 0.25) is 0 Å². The number of nitrogens with one attached hydrogen (secondary N) is 1. The molecular formula is C11H17F3N2O3S. The number of carbonyl (C=O) groups is 2. The summed E-state index contributed by atoms with van der Waals surface area (Å²) in [6.07, 6.45) is -0.395. The molecule has 1 aliphatic carbocycles. The van der Waals surface area contributed by atoms with Crippen molar-refractivity contribution < 1.29 is 27.9 Å². The van der Waals surface area contributed by atoms with E-state index >= 15 is 0 Å². The first-order chi connectivity index (χ1) is 9.21. The zero-order valence-corrected chi connectivity index (χ0v) is 11.8. The molecule has 1 fully saturated rings. The highest BCUT2D eigenvalue weighted by molar-refractivity contribution is 7.99. The Balaban J connectivity index is 2.57. The second-order valence-electron chi connectivity index (χ2n) is 4.68. The Kier molecular flexibility index (Phi) is 5.97. The molecule has 1 rings (SSSR count). The number of carboxylic acids is 1. The summed E-state index contributed by atoms with van der Waals surface area (Å²) in [5.41, 5.74) is 0. The van der Waals surface area contributed by atoms with Gasteiger partial charge in [-0.2, -0.15) is 24.9 Å². The molecular weight excluding hydrogens is 297 g/mol. The van der Waals surface area contributed by atoms with Crippen LogP contribution in [0.1, 0.15) is 19.3 Å². The summed E-state index contributed by atoms with van der Waals surface area (Å²) in [4.78, 5) is 22.6. The summed E-state index contributed by atoms with van der Waals surface area (Å²) < 4.78 is 37.0. The van der Waals surface area contributed by atoms with E-state index in [0.717, 1.165) is 6.42 Å². The Morgan fingerprint density at radius 2 is 2.05 bits per heavy atom. The Morgan fingerprint density at radius 1 is 1.40 bits per heavy atom. The molecule has 0 radical (unpaired) electrons. The lowest BCUT2D eigenvalue weighted by molar-refractivity contribution is -0.149. The van der Waals surface area contributed by atoms with E-state index in [1.54, 1.807) is 11.8 Å². The lowest BCUT2D eigenvalue weighted by Gasteiger charge is -2.24. The Labute approximate surface area is 118 Å². The van der Waals surface area contributed by atoms with Gasteiger partial charge in [0.05, 0.1) is 0 Å². The van der Waals surface area contributed by atoms with Crippen molar-refractivity contribution in [1.82, 2.24) is 10.2 Å². The van der Waals surface area contributed by atoms with Gasteiger partial charge in [-0.1, -0.05) is 0 Å². The molecule has 20 heavy (non-hydrogen) atoms. The molecule has 0 bridgehead atoms. The smallest absolute Gasteiger partial charge is 0.406 e. The summed E-state index contributed by atoms with van der Waals surface area (Å²) in [6, 6.07) is -1.17. The molecule has 9 heteroatoms. The molecule has 5 nitrogen and oxygen atoms in total. The molecule has 0 aliphatic heterocycles. The molecule has 0 saturated heterocycles. The summed E-state index contributed by atoms with van der Waals surface area (Å²) in [7, 11) is 0. The van der Waals surface area contributed by atoms with E-state index in [2.05, 4.69) is 5.32 Å². The normalized spacial score (nSPS) is 22.6. The van der Waals surface area contributed by atoms with Crippen molar-refractivity contribution in [1.29, 1.82) is 0 Å². The van der Waals surface area contributed by atoms with Crippen molar-refractivity contribution in [2.24, 2.45) is 0 Å². The first-order valence-corrected chi connectivity index (χ1v) is 7.37. The molecule has 2 amide bonds. The van der Waals surface area contributed by atoms with Gasteiger partial charge in [-0.15, -0.1) is 0 Å². The largest absolute Gasteiger partial charge is 0.480 e. The van der Waals surface area contributed by atoms with Gasteiger partial charge in [0, 0.05) is 11.3 Å². The number of carboxylic acid groups (broad SMARTS) is 1. The summed E-state index contributed by atoms with van der Waals surface area (Å²) in [5, 5.41) is 11.4. The van der Waals surface area contributed by atoms with E-state index in [9.17, 15) is 22.8 Å². The van der Waals surface area contributed by atoms with Crippen LogP contribution in [0.5, 0.6) is 0 Å². The zero-order chi connectivity index (χ0) is 15.3. The van der Waals surface area contributed by atoms with Crippen molar-refractivity contribution in [3.8, 4) is 0 Å². The number of nitrogens with zero attached hydrogens (tertiary/aromatic N) is 1. The number of aliphatic carboxylic acids is 1. The second-order valence-corrected chi connectivity index (χ2v) is 5.82. The molecule has 0 aromatic carbocycles. The third-order valence-electron chi connectivity index (χ3n) is 3.03. The Bertz CT molecular complexity index is 365. The van der Waals surface area contributed by atoms with Crippen molar-refractivity contribution in [3.63, 3.8) is 0 Å². The third kappa shape index (κ3) is 5.89. The maximum Gasteiger partial charge on any atom is 0.406 e. The minimum Gasteiger partial charge on any atom is -0.480 e. The van der Waals surface area contributed by atoms with E-state index in [1.807, 2.05) is 6.26 Å². The number of alkyl halides is 3. The summed E-state index contributed by atoms with van der Waals surface area (Å²) >= 11 is 1.65. The van der Waals surface area contributed by atoms with Crippen LogP contribution in [-0.2, 0) is 4.79 Å². The standard InChI is InChI=1S/C11H17F3N2O3S/c1-20-8-3-2-7(4-8)15-10(19)16(5-9(17)18)6-11(12,13)14/h7-8H,2-6H2,1H3,(H,15,19)(H,17,18). The highest BCUT2D eigenvalue weighted by Gasteiger charge is 2.35. The fourth-order valence-corrected chi connectivity index (χ4v) is 2.93. The van der Waals surface area contributed by atoms with E-state index < -0.39 is 31.3 Å². The number of thioether (sulfide) groups is 1. The van der Waals surface area contributed by atoms with Crippen LogP contribution < -0.4 is 5.32 Å². The lowest BCUT2D eigenvalue weighted by Crippen LogP contribution is -2.49. The fraction of sp³-hybridized carbons (Fsp3) is 0.818. The van der Waals surface area contributed by atoms with Gasteiger partial charge in [-0.05, 0) is 25.5 Å². The van der Waals surface area contributed by atoms with Gasteiger partial charge in [-0.3, -0.25) is 4.79 Å². The van der Waals surface area contributed by atoms with Gasteiger partial charge in [0.15, 0.2) is 0 Å². The SMILES string of the molecule is CSC1CCC(NC(=O)N(CC(=O)O)CC(F)(F)F)C1. The Morgan fingerprint density at radius 3 is 2.50 bits per heavy atom. The number of urea groups is 1. The highest BCUT2D eigenvalue weighted by atomic mass is 32.2. The number of halogens is 3. The molecule has 2 N–H and O–H groups in total. The van der Waals surface area contributed by atoms with Gasteiger partial charge >= 0.3 is 18.2 Å². The van der Waals surface area contributed by atoms with Crippen LogP contribution in [0, 0.1) is 0 Å². The predicted molar refractivity (Wildman–Crippen MR) is 68.7 cm³/mol. The quantitative estimate of drug-likeness (QED) is 0.813. The van der Waals surface area contributed by atoms with Crippen LogP contribution in [0.3, 0.4) is 0 Å². The van der Waals surface area contributed by atoms with E-state index in [-0.39, 0.29) is 10.9 Å². The van der Waals surface area contributed by atoms with E-state index in [0.29, 0.717) is 18.1 Å². The molecule has 2 atom stereocenters. The van der Waals surface area contributed by atoms with Gasteiger partial charge in [0.25, 0.3) is 0 Å². The topological polar surface area (TPSA) is 69.6 Å².